The van der Waals surface area contributed by atoms with E-state index in [1.165, 1.54) is 11.1 Å². The number of aliphatic imine (C=N–C) groups is 1. The average Bonchev–Trinajstić information content (AvgIpc) is 2.75. The molecule has 3 aromatic carbocycles. The molecule has 0 saturated carbocycles. The van der Waals surface area contributed by atoms with Crippen molar-refractivity contribution in [2.75, 3.05) is 26.1 Å². The molecule has 0 unspecified atom stereocenters. The summed E-state index contributed by atoms with van der Waals surface area (Å²) in [6.07, 6.45) is 0. The normalized spacial score (nSPS) is 10.9. The standard InChI is InChI=1S/C23H25N3O2.HI/c1-27-19-13-14-22(28-2)21(15-19)26-23(24)25-16-20(17-9-5-3-6-10-17)18-11-7-4-8-12-18;/h3-15,20H,16H2,1-2H3,(H3,24,25,26);1H. The Kier molecular flexibility index (Phi) is 8.79. The zero-order valence-corrected chi connectivity index (χ0v) is 18.9. The van der Waals surface area contributed by atoms with Gasteiger partial charge in [0.05, 0.1) is 26.5 Å². The molecule has 3 aromatic rings. The fourth-order valence-corrected chi connectivity index (χ4v) is 3.05. The molecule has 0 bridgehead atoms. The lowest BCUT2D eigenvalue weighted by Gasteiger charge is -2.17. The van der Waals surface area contributed by atoms with Crippen LogP contribution in [0.4, 0.5) is 5.69 Å². The number of hydrogen-bond acceptors (Lipinski definition) is 3. The maximum Gasteiger partial charge on any atom is 0.193 e. The van der Waals surface area contributed by atoms with Crippen LogP contribution in [0.5, 0.6) is 11.5 Å². The molecule has 0 amide bonds. The topological polar surface area (TPSA) is 68.9 Å². The predicted octanol–water partition coefficient (Wildman–Crippen LogP) is 4.88. The Labute approximate surface area is 189 Å². The van der Waals surface area contributed by atoms with E-state index >= 15 is 0 Å². The first-order valence-corrected chi connectivity index (χ1v) is 9.10. The second-order valence-electron chi connectivity index (χ2n) is 6.29. The minimum Gasteiger partial charge on any atom is -0.497 e. The van der Waals surface area contributed by atoms with Crippen molar-refractivity contribution >= 4 is 35.6 Å². The zero-order chi connectivity index (χ0) is 19.8. The Balaban J connectivity index is 0.00000300. The number of anilines is 1. The van der Waals surface area contributed by atoms with Crippen molar-refractivity contribution in [3.63, 3.8) is 0 Å². The van der Waals surface area contributed by atoms with E-state index in [1.54, 1.807) is 14.2 Å². The maximum atomic E-state index is 6.17. The van der Waals surface area contributed by atoms with Gasteiger partial charge in [-0.05, 0) is 23.3 Å². The highest BCUT2D eigenvalue weighted by Gasteiger charge is 2.14. The van der Waals surface area contributed by atoms with Crippen molar-refractivity contribution in [1.82, 2.24) is 0 Å². The number of nitrogens with zero attached hydrogens (tertiary/aromatic N) is 1. The Hall–Kier alpha value is -2.74. The number of rotatable bonds is 7. The van der Waals surface area contributed by atoms with Crippen molar-refractivity contribution in [3.8, 4) is 11.5 Å². The minimum absolute atomic E-state index is 0. The highest BCUT2D eigenvalue weighted by molar-refractivity contribution is 14.0. The summed E-state index contributed by atoms with van der Waals surface area (Å²) in [7, 11) is 3.23. The van der Waals surface area contributed by atoms with Crippen LogP contribution in [0.15, 0.2) is 83.9 Å². The molecule has 0 heterocycles. The van der Waals surface area contributed by atoms with E-state index in [4.69, 9.17) is 15.2 Å². The highest BCUT2D eigenvalue weighted by Crippen LogP contribution is 2.29. The number of halogens is 1. The lowest BCUT2D eigenvalue weighted by atomic mass is 9.91. The van der Waals surface area contributed by atoms with Gasteiger partial charge in [0.1, 0.15) is 11.5 Å². The average molecular weight is 503 g/mol. The molecule has 0 fully saturated rings. The van der Waals surface area contributed by atoms with E-state index in [-0.39, 0.29) is 29.9 Å². The minimum atomic E-state index is 0. The second kappa shape index (κ2) is 11.3. The van der Waals surface area contributed by atoms with Crippen LogP contribution in [0, 0.1) is 0 Å². The van der Waals surface area contributed by atoms with E-state index in [9.17, 15) is 0 Å². The molecule has 0 spiro atoms. The quantitative estimate of drug-likeness (QED) is 0.274. The highest BCUT2D eigenvalue weighted by atomic mass is 127. The molecule has 152 valence electrons. The zero-order valence-electron chi connectivity index (χ0n) is 16.5. The maximum absolute atomic E-state index is 6.17. The smallest absolute Gasteiger partial charge is 0.193 e. The molecule has 29 heavy (non-hydrogen) atoms. The summed E-state index contributed by atoms with van der Waals surface area (Å²) in [5, 5.41) is 3.12. The van der Waals surface area contributed by atoms with Gasteiger partial charge in [0, 0.05) is 12.0 Å². The van der Waals surface area contributed by atoms with Gasteiger partial charge in [0.25, 0.3) is 0 Å². The van der Waals surface area contributed by atoms with Crippen LogP contribution in [-0.4, -0.2) is 26.7 Å². The largest absolute Gasteiger partial charge is 0.497 e. The number of ether oxygens (including phenoxy) is 2. The fraction of sp³-hybridized carbons (Fsp3) is 0.174. The number of hydrogen-bond donors (Lipinski definition) is 2. The van der Waals surface area contributed by atoms with Crippen LogP contribution in [-0.2, 0) is 0 Å². The van der Waals surface area contributed by atoms with Gasteiger partial charge in [0.2, 0.25) is 0 Å². The third-order valence-corrected chi connectivity index (χ3v) is 4.52. The van der Waals surface area contributed by atoms with Crippen LogP contribution < -0.4 is 20.5 Å². The molecule has 0 aliphatic heterocycles. The van der Waals surface area contributed by atoms with Crippen LogP contribution in [0.2, 0.25) is 0 Å². The summed E-state index contributed by atoms with van der Waals surface area (Å²) in [4.78, 5) is 4.59. The van der Waals surface area contributed by atoms with Gasteiger partial charge in [-0.2, -0.15) is 0 Å². The van der Waals surface area contributed by atoms with Gasteiger partial charge < -0.3 is 20.5 Å². The summed E-state index contributed by atoms with van der Waals surface area (Å²) >= 11 is 0. The predicted molar refractivity (Wildman–Crippen MR) is 130 cm³/mol. The van der Waals surface area contributed by atoms with Gasteiger partial charge >= 0.3 is 0 Å². The Morgan fingerprint density at radius 2 is 1.48 bits per heavy atom. The van der Waals surface area contributed by atoms with Crippen LogP contribution in [0.1, 0.15) is 17.0 Å². The molecule has 5 nitrogen and oxygen atoms in total. The first-order valence-electron chi connectivity index (χ1n) is 9.10. The fourth-order valence-electron chi connectivity index (χ4n) is 3.05. The number of nitrogens with one attached hydrogen (secondary N) is 1. The summed E-state index contributed by atoms with van der Waals surface area (Å²) in [6, 6.07) is 26.1. The Morgan fingerprint density at radius 1 is 0.897 bits per heavy atom. The van der Waals surface area contributed by atoms with Crippen molar-refractivity contribution in [2.24, 2.45) is 10.7 Å². The van der Waals surface area contributed by atoms with E-state index in [1.807, 2.05) is 54.6 Å². The van der Waals surface area contributed by atoms with Gasteiger partial charge in [0.15, 0.2) is 5.96 Å². The number of guanidine groups is 1. The second-order valence-corrected chi connectivity index (χ2v) is 6.29. The molecular formula is C23H26IN3O2. The summed E-state index contributed by atoms with van der Waals surface area (Å²) in [5.41, 5.74) is 9.27. The Bertz CT molecular complexity index is 878. The Morgan fingerprint density at radius 3 is 2.00 bits per heavy atom. The molecule has 0 aliphatic carbocycles. The van der Waals surface area contributed by atoms with Gasteiger partial charge in [-0.3, -0.25) is 4.99 Å². The molecule has 0 aromatic heterocycles. The third-order valence-electron chi connectivity index (χ3n) is 4.52. The molecule has 6 heteroatoms. The summed E-state index contributed by atoms with van der Waals surface area (Å²) in [5.74, 6) is 1.82. The number of methoxy groups -OCH3 is 2. The number of nitrogens with two attached hydrogens (primary N) is 1. The molecule has 3 N–H and O–H groups in total. The van der Waals surface area contributed by atoms with Crippen LogP contribution >= 0.6 is 24.0 Å². The SMILES string of the molecule is COc1ccc(OC)c(NC(N)=NCC(c2ccccc2)c2ccccc2)c1.I. The molecular weight excluding hydrogens is 477 g/mol. The third kappa shape index (κ3) is 6.12. The van der Waals surface area contributed by atoms with Crippen molar-refractivity contribution in [1.29, 1.82) is 0 Å². The molecule has 3 rings (SSSR count). The van der Waals surface area contributed by atoms with E-state index < -0.39 is 0 Å². The molecule has 0 atom stereocenters. The summed E-state index contributed by atoms with van der Waals surface area (Å²) < 4.78 is 10.7. The van der Waals surface area contributed by atoms with Crippen molar-refractivity contribution < 1.29 is 9.47 Å². The van der Waals surface area contributed by atoms with Crippen molar-refractivity contribution in [3.05, 3.63) is 90.0 Å². The lowest BCUT2D eigenvalue weighted by Crippen LogP contribution is -2.24. The van der Waals surface area contributed by atoms with E-state index in [0.717, 1.165) is 0 Å². The van der Waals surface area contributed by atoms with Crippen LogP contribution in [0.25, 0.3) is 0 Å². The summed E-state index contributed by atoms with van der Waals surface area (Å²) in [6.45, 7) is 0.527. The number of benzene rings is 3. The van der Waals surface area contributed by atoms with Gasteiger partial charge in [-0.25, -0.2) is 0 Å². The first-order chi connectivity index (χ1) is 13.7. The van der Waals surface area contributed by atoms with Crippen molar-refractivity contribution in [2.45, 2.75) is 5.92 Å². The monoisotopic (exact) mass is 503 g/mol. The van der Waals surface area contributed by atoms with Gasteiger partial charge in [-0.15, -0.1) is 24.0 Å². The molecule has 0 radical (unpaired) electrons. The lowest BCUT2D eigenvalue weighted by molar-refractivity contribution is 0.405. The van der Waals surface area contributed by atoms with Gasteiger partial charge in [-0.1, -0.05) is 60.7 Å². The molecule has 0 saturated heterocycles. The molecule has 0 aliphatic rings. The van der Waals surface area contributed by atoms with E-state index in [2.05, 4.69) is 34.6 Å². The van der Waals surface area contributed by atoms with E-state index in [0.29, 0.717) is 29.7 Å². The van der Waals surface area contributed by atoms with Crippen LogP contribution in [0.3, 0.4) is 0 Å². The first kappa shape index (κ1) is 22.5.